The Hall–Kier alpha value is -1.39. The van der Waals surface area contributed by atoms with Crippen LogP contribution in [-0.2, 0) is 23.9 Å². The molecule has 5 heteroatoms. The van der Waals surface area contributed by atoms with Gasteiger partial charge in [-0.25, -0.2) is 0 Å². The third kappa shape index (κ3) is 2.78. The van der Waals surface area contributed by atoms with Crippen LogP contribution in [0.1, 0.15) is 20.8 Å². The Kier molecular flexibility index (Phi) is 4.45. The highest BCUT2D eigenvalue weighted by molar-refractivity contribution is 6.01. The van der Waals surface area contributed by atoms with Crippen molar-refractivity contribution in [3.05, 3.63) is 0 Å². The molecule has 0 fully saturated rings. The molecule has 5 nitrogen and oxygen atoms in total. The summed E-state index contributed by atoms with van der Waals surface area (Å²) in [4.78, 5) is 34.1. The van der Waals surface area contributed by atoms with Crippen LogP contribution < -0.4 is 0 Å². The summed E-state index contributed by atoms with van der Waals surface area (Å²) in [7, 11) is 2.32. The largest absolute Gasteiger partial charge is 0.468 e. The van der Waals surface area contributed by atoms with E-state index in [0.29, 0.717) is 0 Å². The van der Waals surface area contributed by atoms with Crippen molar-refractivity contribution in [2.24, 2.45) is 11.3 Å². The zero-order valence-electron chi connectivity index (χ0n) is 9.62. The van der Waals surface area contributed by atoms with Gasteiger partial charge in [-0.1, -0.05) is 13.8 Å². The SMILES string of the molecule is COC(=O)C(C(=O)OC)C(C)(C)C(C)=O. The molecular weight excluding hydrogens is 200 g/mol. The molecule has 0 heterocycles. The average Bonchev–Trinajstić information content (AvgIpc) is 2.16. The summed E-state index contributed by atoms with van der Waals surface area (Å²) in [6.45, 7) is 4.33. The lowest BCUT2D eigenvalue weighted by Crippen LogP contribution is -2.42. The Morgan fingerprint density at radius 3 is 1.53 bits per heavy atom. The molecule has 0 spiro atoms. The minimum absolute atomic E-state index is 0.275. The van der Waals surface area contributed by atoms with Crippen LogP contribution in [-0.4, -0.2) is 31.9 Å². The number of hydrogen-bond donors (Lipinski definition) is 0. The van der Waals surface area contributed by atoms with Crippen molar-refractivity contribution < 1.29 is 23.9 Å². The van der Waals surface area contributed by atoms with Crippen molar-refractivity contribution >= 4 is 17.7 Å². The van der Waals surface area contributed by atoms with Gasteiger partial charge in [-0.15, -0.1) is 0 Å². The van der Waals surface area contributed by atoms with Crippen molar-refractivity contribution in [2.75, 3.05) is 14.2 Å². The van der Waals surface area contributed by atoms with Crippen LogP contribution in [0.15, 0.2) is 0 Å². The van der Waals surface area contributed by atoms with Crippen molar-refractivity contribution in [3.8, 4) is 0 Å². The number of Topliss-reactive ketones (excluding diaryl/α,β-unsaturated/α-hetero) is 1. The average molecular weight is 216 g/mol. The zero-order chi connectivity index (χ0) is 12.2. The summed E-state index contributed by atoms with van der Waals surface area (Å²) in [5.74, 6) is -3.02. The lowest BCUT2D eigenvalue weighted by atomic mass is 9.76. The second-order valence-electron chi connectivity index (χ2n) is 3.76. The Balaban J connectivity index is 5.19. The molecule has 0 aliphatic carbocycles. The van der Waals surface area contributed by atoms with Crippen LogP contribution in [0.5, 0.6) is 0 Å². The first-order valence-corrected chi connectivity index (χ1v) is 4.45. The van der Waals surface area contributed by atoms with Gasteiger partial charge >= 0.3 is 11.9 Å². The van der Waals surface area contributed by atoms with Crippen LogP contribution in [0.25, 0.3) is 0 Å². The lowest BCUT2D eigenvalue weighted by molar-refractivity contribution is -0.167. The Morgan fingerprint density at radius 2 is 1.33 bits per heavy atom. The van der Waals surface area contributed by atoms with E-state index >= 15 is 0 Å². The molecule has 0 amide bonds. The second kappa shape index (κ2) is 4.91. The summed E-state index contributed by atoms with van der Waals surface area (Å²) in [5.41, 5.74) is -1.12. The van der Waals surface area contributed by atoms with Gasteiger partial charge in [0.05, 0.1) is 14.2 Å². The van der Waals surface area contributed by atoms with Crippen LogP contribution in [0, 0.1) is 11.3 Å². The predicted molar refractivity (Wildman–Crippen MR) is 52.0 cm³/mol. The van der Waals surface area contributed by atoms with Crippen molar-refractivity contribution in [1.29, 1.82) is 0 Å². The number of methoxy groups -OCH3 is 2. The van der Waals surface area contributed by atoms with E-state index in [-0.39, 0.29) is 5.78 Å². The van der Waals surface area contributed by atoms with Crippen LogP contribution in [0.2, 0.25) is 0 Å². The molecule has 0 aliphatic heterocycles. The molecule has 0 atom stereocenters. The maximum Gasteiger partial charge on any atom is 0.321 e. The van der Waals surface area contributed by atoms with Gasteiger partial charge in [0, 0.05) is 5.41 Å². The smallest absolute Gasteiger partial charge is 0.321 e. The summed E-state index contributed by atoms with van der Waals surface area (Å²) < 4.78 is 8.96. The highest BCUT2D eigenvalue weighted by Gasteiger charge is 2.45. The van der Waals surface area contributed by atoms with Gasteiger partial charge in [-0.3, -0.25) is 14.4 Å². The fourth-order valence-corrected chi connectivity index (χ4v) is 1.12. The number of esters is 2. The maximum atomic E-state index is 11.4. The normalized spacial score (nSPS) is 11.1. The zero-order valence-corrected chi connectivity index (χ0v) is 9.62. The molecule has 0 saturated heterocycles. The summed E-state index contributed by atoms with van der Waals surface area (Å²) in [6.07, 6.45) is 0. The summed E-state index contributed by atoms with van der Waals surface area (Å²) >= 11 is 0. The molecule has 0 unspecified atom stereocenters. The van der Waals surface area contributed by atoms with Gasteiger partial charge in [0.25, 0.3) is 0 Å². The van der Waals surface area contributed by atoms with Crippen molar-refractivity contribution in [3.63, 3.8) is 0 Å². The van der Waals surface area contributed by atoms with E-state index in [1.165, 1.54) is 20.8 Å². The van der Waals surface area contributed by atoms with E-state index in [2.05, 4.69) is 9.47 Å². The Morgan fingerprint density at radius 1 is 1.00 bits per heavy atom. The van der Waals surface area contributed by atoms with Crippen molar-refractivity contribution in [2.45, 2.75) is 20.8 Å². The van der Waals surface area contributed by atoms with Gasteiger partial charge in [-0.2, -0.15) is 0 Å². The molecule has 0 bridgehead atoms. The Bertz CT molecular complexity index is 264. The van der Waals surface area contributed by atoms with Crippen LogP contribution >= 0.6 is 0 Å². The molecule has 0 rings (SSSR count). The van der Waals surface area contributed by atoms with E-state index in [1.807, 2.05) is 0 Å². The third-order valence-corrected chi connectivity index (χ3v) is 2.50. The van der Waals surface area contributed by atoms with Crippen molar-refractivity contribution in [1.82, 2.24) is 0 Å². The minimum atomic E-state index is -1.22. The molecule has 0 radical (unpaired) electrons. The fourth-order valence-electron chi connectivity index (χ4n) is 1.12. The third-order valence-electron chi connectivity index (χ3n) is 2.50. The van der Waals surface area contributed by atoms with E-state index in [1.54, 1.807) is 0 Å². The molecule has 86 valence electrons. The van der Waals surface area contributed by atoms with Crippen LogP contribution in [0.3, 0.4) is 0 Å². The molecule has 0 saturated carbocycles. The maximum absolute atomic E-state index is 11.4. The highest BCUT2D eigenvalue weighted by Crippen LogP contribution is 2.29. The van der Waals surface area contributed by atoms with E-state index in [0.717, 1.165) is 14.2 Å². The number of carbonyl (C=O) groups is 3. The quantitative estimate of drug-likeness (QED) is 0.507. The van der Waals surface area contributed by atoms with E-state index < -0.39 is 23.3 Å². The standard InChI is InChI=1S/C10H16O5/c1-6(11)10(2,3)7(8(12)14-4)9(13)15-5/h7H,1-5H3. The lowest BCUT2D eigenvalue weighted by Gasteiger charge is -2.27. The molecule has 0 N–H and O–H groups in total. The molecule has 15 heavy (non-hydrogen) atoms. The highest BCUT2D eigenvalue weighted by atomic mass is 16.5. The molecule has 0 aromatic heterocycles. The second-order valence-corrected chi connectivity index (χ2v) is 3.76. The first-order chi connectivity index (χ1) is 6.78. The number of ketones is 1. The topological polar surface area (TPSA) is 69.7 Å². The van der Waals surface area contributed by atoms with Crippen LogP contribution in [0.4, 0.5) is 0 Å². The molecule has 0 aromatic carbocycles. The van der Waals surface area contributed by atoms with Gasteiger partial charge in [0.1, 0.15) is 5.78 Å². The monoisotopic (exact) mass is 216 g/mol. The Labute approximate surface area is 88.7 Å². The predicted octanol–water partition coefficient (Wildman–Crippen LogP) is 0.564. The first-order valence-electron chi connectivity index (χ1n) is 4.45. The number of ether oxygens (including phenoxy) is 2. The molecule has 0 aliphatic rings. The number of carbonyl (C=O) groups excluding carboxylic acids is 3. The summed E-state index contributed by atoms with van der Waals surface area (Å²) in [5, 5.41) is 0. The van der Waals surface area contributed by atoms with Gasteiger partial charge in [0.2, 0.25) is 0 Å². The summed E-state index contributed by atoms with van der Waals surface area (Å²) in [6, 6.07) is 0. The van der Waals surface area contributed by atoms with E-state index in [4.69, 9.17) is 0 Å². The fraction of sp³-hybridized carbons (Fsp3) is 0.700. The first kappa shape index (κ1) is 13.6. The minimum Gasteiger partial charge on any atom is -0.468 e. The van der Waals surface area contributed by atoms with Gasteiger partial charge in [0.15, 0.2) is 5.92 Å². The number of rotatable bonds is 4. The molecule has 0 aromatic rings. The van der Waals surface area contributed by atoms with Gasteiger partial charge in [-0.05, 0) is 6.92 Å². The van der Waals surface area contributed by atoms with E-state index in [9.17, 15) is 14.4 Å². The number of hydrogen-bond acceptors (Lipinski definition) is 5. The van der Waals surface area contributed by atoms with Gasteiger partial charge < -0.3 is 9.47 Å². The molecular formula is C10H16O5.